The number of benzene rings is 1. The predicted molar refractivity (Wildman–Crippen MR) is 65.5 cm³/mol. The molecule has 1 heterocycles. The highest BCUT2D eigenvalue weighted by atomic mass is 79.9. The summed E-state index contributed by atoms with van der Waals surface area (Å²) in [5.41, 5.74) is 0.911. The van der Waals surface area contributed by atoms with Gasteiger partial charge in [-0.2, -0.15) is 0 Å². The summed E-state index contributed by atoms with van der Waals surface area (Å²) in [5, 5.41) is 0.360. The van der Waals surface area contributed by atoms with Gasteiger partial charge in [-0.1, -0.05) is 28.1 Å². The highest BCUT2D eigenvalue weighted by Crippen LogP contribution is 2.29. The molecule has 2 rings (SSSR count). The standard InChI is InChI=1S/C12H9BrClFO/c13-10(11-4-5-12(14)16-11)7-8-2-1-3-9(15)6-8/h1-6,10H,7H2. The lowest BCUT2D eigenvalue weighted by molar-refractivity contribution is 0.508. The number of rotatable bonds is 3. The van der Waals surface area contributed by atoms with Crippen molar-refractivity contribution in [3.8, 4) is 0 Å². The molecule has 0 aliphatic rings. The summed E-state index contributed by atoms with van der Waals surface area (Å²) in [6.45, 7) is 0. The van der Waals surface area contributed by atoms with E-state index in [1.807, 2.05) is 6.07 Å². The Balaban J connectivity index is 2.10. The average molecular weight is 304 g/mol. The molecule has 0 aliphatic carbocycles. The molecule has 0 saturated heterocycles. The molecule has 0 fully saturated rings. The number of halogens is 3. The van der Waals surface area contributed by atoms with Crippen molar-refractivity contribution in [3.05, 3.63) is 58.8 Å². The highest BCUT2D eigenvalue weighted by molar-refractivity contribution is 9.09. The summed E-state index contributed by atoms with van der Waals surface area (Å²) in [6, 6.07) is 10.0. The molecule has 0 spiro atoms. The summed E-state index contributed by atoms with van der Waals surface area (Å²) < 4.78 is 18.2. The maximum Gasteiger partial charge on any atom is 0.193 e. The van der Waals surface area contributed by atoms with Gasteiger partial charge in [0.15, 0.2) is 5.22 Å². The zero-order valence-electron chi connectivity index (χ0n) is 8.29. The highest BCUT2D eigenvalue weighted by Gasteiger charge is 2.12. The Morgan fingerprint density at radius 3 is 2.75 bits per heavy atom. The van der Waals surface area contributed by atoms with Crippen LogP contribution in [0.4, 0.5) is 4.39 Å². The number of alkyl halides is 1. The first kappa shape index (κ1) is 11.7. The lowest BCUT2D eigenvalue weighted by Crippen LogP contribution is -1.94. The predicted octanol–water partition coefficient (Wildman–Crippen LogP) is 4.75. The van der Waals surface area contributed by atoms with Crippen molar-refractivity contribution in [3.63, 3.8) is 0 Å². The van der Waals surface area contributed by atoms with Crippen LogP contribution in [0.2, 0.25) is 5.22 Å². The first-order valence-corrected chi connectivity index (χ1v) is 6.08. The van der Waals surface area contributed by atoms with E-state index >= 15 is 0 Å². The van der Waals surface area contributed by atoms with Crippen LogP contribution in [0.5, 0.6) is 0 Å². The van der Waals surface area contributed by atoms with Gasteiger partial charge in [0.25, 0.3) is 0 Å². The van der Waals surface area contributed by atoms with E-state index in [1.165, 1.54) is 12.1 Å². The van der Waals surface area contributed by atoms with Crippen LogP contribution in [0.3, 0.4) is 0 Å². The van der Waals surface area contributed by atoms with Crippen molar-refractivity contribution in [2.75, 3.05) is 0 Å². The Labute approximate surface area is 106 Å². The second kappa shape index (κ2) is 5.02. The molecule has 0 bridgehead atoms. The van der Waals surface area contributed by atoms with Crippen molar-refractivity contribution in [2.45, 2.75) is 11.2 Å². The smallest absolute Gasteiger partial charge is 0.193 e. The number of furan rings is 1. The molecular formula is C12H9BrClFO. The van der Waals surface area contributed by atoms with Crippen molar-refractivity contribution < 1.29 is 8.81 Å². The van der Waals surface area contributed by atoms with Crippen LogP contribution < -0.4 is 0 Å². The molecule has 1 atom stereocenters. The van der Waals surface area contributed by atoms with Gasteiger partial charge in [0.2, 0.25) is 0 Å². The second-order valence-electron chi connectivity index (χ2n) is 3.44. The fraction of sp³-hybridized carbons (Fsp3) is 0.167. The van der Waals surface area contributed by atoms with E-state index in [2.05, 4.69) is 15.9 Å². The second-order valence-corrected chi connectivity index (χ2v) is 4.92. The largest absolute Gasteiger partial charge is 0.449 e. The van der Waals surface area contributed by atoms with Gasteiger partial charge in [0.05, 0.1) is 4.83 Å². The maximum atomic E-state index is 13.0. The SMILES string of the molecule is Fc1cccc(CC(Br)c2ccc(Cl)o2)c1. The van der Waals surface area contributed by atoms with Crippen LogP contribution in [0.25, 0.3) is 0 Å². The molecular weight excluding hydrogens is 294 g/mol. The zero-order chi connectivity index (χ0) is 11.5. The molecule has 0 radical (unpaired) electrons. The van der Waals surface area contributed by atoms with E-state index in [4.69, 9.17) is 16.0 Å². The number of hydrogen-bond acceptors (Lipinski definition) is 1. The van der Waals surface area contributed by atoms with Crippen LogP contribution in [-0.2, 0) is 6.42 Å². The summed E-state index contributed by atoms with van der Waals surface area (Å²) in [5.74, 6) is 0.518. The molecule has 0 N–H and O–H groups in total. The van der Waals surface area contributed by atoms with Gasteiger partial charge < -0.3 is 4.42 Å². The fourth-order valence-corrected chi connectivity index (χ4v) is 2.24. The van der Waals surface area contributed by atoms with Crippen LogP contribution in [0.15, 0.2) is 40.8 Å². The monoisotopic (exact) mass is 302 g/mol. The third kappa shape index (κ3) is 2.86. The van der Waals surface area contributed by atoms with Crippen LogP contribution in [0.1, 0.15) is 16.2 Å². The van der Waals surface area contributed by atoms with E-state index in [-0.39, 0.29) is 10.6 Å². The van der Waals surface area contributed by atoms with Gasteiger partial charge in [-0.05, 0) is 47.9 Å². The number of hydrogen-bond donors (Lipinski definition) is 0. The fourth-order valence-electron chi connectivity index (χ4n) is 1.47. The molecule has 2 aromatic rings. The molecule has 0 saturated carbocycles. The van der Waals surface area contributed by atoms with Crippen LogP contribution in [-0.4, -0.2) is 0 Å². The Bertz CT molecular complexity index is 483. The van der Waals surface area contributed by atoms with Crippen molar-refractivity contribution in [2.24, 2.45) is 0 Å². The molecule has 0 amide bonds. The van der Waals surface area contributed by atoms with Gasteiger partial charge >= 0.3 is 0 Å². The average Bonchev–Trinajstić information content (AvgIpc) is 2.65. The topological polar surface area (TPSA) is 13.1 Å². The Morgan fingerprint density at radius 1 is 1.31 bits per heavy atom. The van der Waals surface area contributed by atoms with Crippen LogP contribution >= 0.6 is 27.5 Å². The third-order valence-corrected chi connectivity index (χ3v) is 3.18. The molecule has 16 heavy (non-hydrogen) atoms. The molecule has 1 nitrogen and oxygen atoms in total. The van der Waals surface area contributed by atoms with Gasteiger partial charge in [0, 0.05) is 0 Å². The third-order valence-electron chi connectivity index (χ3n) is 2.21. The normalized spacial score (nSPS) is 12.7. The summed E-state index contributed by atoms with van der Waals surface area (Å²) >= 11 is 9.17. The summed E-state index contributed by atoms with van der Waals surface area (Å²) in [6.07, 6.45) is 0.654. The van der Waals surface area contributed by atoms with Gasteiger partial charge in [-0.25, -0.2) is 4.39 Å². The molecule has 1 aromatic heterocycles. The minimum atomic E-state index is -0.227. The van der Waals surface area contributed by atoms with Gasteiger partial charge in [0.1, 0.15) is 11.6 Å². The molecule has 1 aromatic carbocycles. The van der Waals surface area contributed by atoms with Gasteiger partial charge in [-0.15, -0.1) is 0 Å². The van der Waals surface area contributed by atoms with E-state index in [9.17, 15) is 4.39 Å². The van der Waals surface area contributed by atoms with E-state index in [0.29, 0.717) is 11.6 Å². The molecule has 4 heteroatoms. The lowest BCUT2D eigenvalue weighted by atomic mass is 10.1. The summed E-state index contributed by atoms with van der Waals surface area (Å²) in [4.78, 5) is 0.00167. The maximum absolute atomic E-state index is 13.0. The van der Waals surface area contributed by atoms with Crippen molar-refractivity contribution in [1.82, 2.24) is 0 Å². The lowest BCUT2D eigenvalue weighted by Gasteiger charge is -2.06. The van der Waals surface area contributed by atoms with Crippen molar-refractivity contribution in [1.29, 1.82) is 0 Å². The summed E-state index contributed by atoms with van der Waals surface area (Å²) in [7, 11) is 0. The molecule has 84 valence electrons. The Hall–Kier alpha value is -0.800. The van der Waals surface area contributed by atoms with Crippen molar-refractivity contribution >= 4 is 27.5 Å². The van der Waals surface area contributed by atoms with E-state index in [1.54, 1.807) is 18.2 Å². The Morgan fingerprint density at radius 2 is 2.12 bits per heavy atom. The molecule has 0 aliphatic heterocycles. The Kier molecular flexibility index (Phi) is 3.66. The van der Waals surface area contributed by atoms with E-state index in [0.717, 1.165) is 11.3 Å². The molecule has 1 unspecified atom stereocenters. The minimum Gasteiger partial charge on any atom is -0.449 e. The zero-order valence-corrected chi connectivity index (χ0v) is 10.6. The van der Waals surface area contributed by atoms with Gasteiger partial charge in [-0.3, -0.25) is 0 Å². The quantitative estimate of drug-likeness (QED) is 0.746. The minimum absolute atomic E-state index is 0.00167. The first-order chi connectivity index (χ1) is 7.65. The van der Waals surface area contributed by atoms with Crippen LogP contribution in [0, 0.1) is 5.82 Å². The first-order valence-electron chi connectivity index (χ1n) is 4.79. The van der Waals surface area contributed by atoms with E-state index < -0.39 is 0 Å².